The standard InChI is InChI=1S/C16H11NSi/c1-2-6-12-10-16-14(9-11(12)5-1)17-13-7-3-4-8-15(13)18-16/h1-10,17H. The van der Waals surface area contributed by atoms with E-state index in [9.17, 15) is 0 Å². The fourth-order valence-corrected chi connectivity index (χ4v) is 3.69. The highest BCUT2D eigenvalue weighted by atomic mass is 28.2. The second-order valence-electron chi connectivity index (χ2n) is 4.54. The summed E-state index contributed by atoms with van der Waals surface area (Å²) in [5.74, 6) is 0. The van der Waals surface area contributed by atoms with Crippen molar-refractivity contribution < 1.29 is 0 Å². The van der Waals surface area contributed by atoms with Crippen LogP contribution < -0.4 is 15.7 Å². The second kappa shape index (κ2) is 3.72. The van der Waals surface area contributed by atoms with Crippen molar-refractivity contribution in [3.8, 4) is 0 Å². The third-order valence-corrected chi connectivity index (χ3v) is 4.74. The lowest BCUT2D eigenvalue weighted by atomic mass is 10.1. The van der Waals surface area contributed by atoms with Gasteiger partial charge in [-0.05, 0) is 33.3 Å². The number of nitrogens with one attached hydrogen (secondary N) is 1. The normalized spacial score (nSPS) is 12.7. The summed E-state index contributed by atoms with van der Waals surface area (Å²) in [5.41, 5.74) is 2.50. The first-order valence-electron chi connectivity index (χ1n) is 6.06. The zero-order valence-corrected chi connectivity index (χ0v) is 10.8. The third kappa shape index (κ3) is 1.46. The van der Waals surface area contributed by atoms with Crippen LogP contribution in [-0.2, 0) is 0 Å². The number of anilines is 2. The van der Waals surface area contributed by atoms with Gasteiger partial charge in [0.25, 0.3) is 0 Å². The minimum Gasteiger partial charge on any atom is -0.356 e. The molecule has 0 atom stereocenters. The van der Waals surface area contributed by atoms with E-state index < -0.39 is 0 Å². The molecule has 0 aliphatic carbocycles. The van der Waals surface area contributed by atoms with E-state index in [0.717, 1.165) is 9.52 Å². The quantitative estimate of drug-likeness (QED) is 0.469. The van der Waals surface area contributed by atoms with Crippen LogP contribution in [0.25, 0.3) is 10.8 Å². The number of rotatable bonds is 0. The van der Waals surface area contributed by atoms with Crippen molar-refractivity contribution in [2.45, 2.75) is 0 Å². The summed E-state index contributed by atoms with van der Waals surface area (Å²) in [6, 6.07) is 21.7. The Morgan fingerprint density at radius 3 is 2.28 bits per heavy atom. The maximum Gasteiger partial charge on any atom is 0.127 e. The van der Waals surface area contributed by atoms with Crippen LogP contribution in [0.1, 0.15) is 0 Å². The Hall–Kier alpha value is -2.06. The predicted molar refractivity (Wildman–Crippen MR) is 78.7 cm³/mol. The van der Waals surface area contributed by atoms with Crippen LogP contribution >= 0.6 is 0 Å². The van der Waals surface area contributed by atoms with Crippen LogP contribution in [0.5, 0.6) is 0 Å². The number of benzene rings is 3. The smallest absolute Gasteiger partial charge is 0.127 e. The van der Waals surface area contributed by atoms with Crippen LogP contribution in [0.15, 0.2) is 60.7 Å². The summed E-state index contributed by atoms with van der Waals surface area (Å²) < 4.78 is 0. The van der Waals surface area contributed by atoms with Gasteiger partial charge in [0.2, 0.25) is 0 Å². The molecule has 0 bridgehead atoms. The monoisotopic (exact) mass is 245 g/mol. The molecule has 3 aromatic rings. The highest BCUT2D eigenvalue weighted by Gasteiger charge is 2.15. The molecule has 84 valence electrons. The number of para-hydroxylation sites is 1. The SMILES string of the molecule is c1ccc2c(c1)Nc1cc3ccccc3cc1[Si]2. The zero-order valence-electron chi connectivity index (χ0n) is 9.77. The molecule has 0 amide bonds. The van der Waals surface area contributed by atoms with E-state index in [1.807, 2.05) is 0 Å². The van der Waals surface area contributed by atoms with Gasteiger partial charge in [0, 0.05) is 11.4 Å². The molecule has 0 unspecified atom stereocenters. The van der Waals surface area contributed by atoms with E-state index in [0.29, 0.717) is 0 Å². The number of hydrogen-bond donors (Lipinski definition) is 1. The lowest BCUT2D eigenvalue weighted by Gasteiger charge is -2.21. The van der Waals surface area contributed by atoms with E-state index in [1.165, 1.54) is 32.5 Å². The molecule has 0 saturated carbocycles. The molecule has 1 N–H and O–H groups in total. The summed E-state index contributed by atoms with van der Waals surface area (Å²) in [4.78, 5) is 0. The van der Waals surface area contributed by atoms with Gasteiger partial charge in [-0.15, -0.1) is 0 Å². The molecule has 0 aromatic heterocycles. The van der Waals surface area contributed by atoms with Gasteiger partial charge in [-0.3, -0.25) is 0 Å². The molecule has 3 aromatic carbocycles. The average Bonchev–Trinajstić information content (AvgIpc) is 2.42. The lowest BCUT2D eigenvalue weighted by Crippen LogP contribution is -2.35. The summed E-state index contributed by atoms with van der Waals surface area (Å²) >= 11 is 0. The molecule has 1 heterocycles. The molecule has 0 saturated heterocycles. The molecule has 2 radical (unpaired) electrons. The fourth-order valence-electron chi connectivity index (χ4n) is 2.44. The Labute approximate surface area is 108 Å². The van der Waals surface area contributed by atoms with Crippen molar-refractivity contribution >= 4 is 42.0 Å². The van der Waals surface area contributed by atoms with Gasteiger partial charge >= 0.3 is 0 Å². The third-order valence-electron chi connectivity index (χ3n) is 3.35. The van der Waals surface area contributed by atoms with Gasteiger partial charge in [-0.25, -0.2) is 0 Å². The van der Waals surface area contributed by atoms with E-state index in [2.05, 4.69) is 66.0 Å². The van der Waals surface area contributed by atoms with Gasteiger partial charge in [-0.1, -0.05) is 48.5 Å². The summed E-state index contributed by atoms with van der Waals surface area (Å²) in [7, 11) is 0.745. The van der Waals surface area contributed by atoms with Crippen LogP contribution in [0, 0.1) is 0 Å². The first kappa shape index (κ1) is 9.92. The minimum absolute atomic E-state index is 0.745. The van der Waals surface area contributed by atoms with Crippen molar-refractivity contribution in [1.82, 2.24) is 0 Å². The summed E-state index contributed by atoms with van der Waals surface area (Å²) in [6.45, 7) is 0. The van der Waals surface area contributed by atoms with Crippen molar-refractivity contribution in [3.63, 3.8) is 0 Å². The maximum atomic E-state index is 3.54. The predicted octanol–water partition coefficient (Wildman–Crippen LogP) is 2.55. The minimum atomic E-state index is 0.745. The molecule has 1 aliphatic heterocycles. The summed E-state index contributed by atoms with van der Waals surface area (Å²) in [5, 5.41) is 8.98. The Morgan fingerprint density at radius 2 is 1.39 bits per heavy atom. The largest absolute Gasteiger partial charge is 0.356 e. The average molecular weight is 245 g/mol. The molecule has 2 heteroatoms. The lowest BCUT2D eigenvalue weighted by molar-refractivity contribution is 1.59. The topological polar surface area (TPSA) is 12.0 Å². The maximum absolute atomic E-state index is 3.54. The van der Waals surface area contributed by atoms with Crippen LogP contribution in [-0.4, -0.2) is 9.52 Å². The van der Waals surface area contributed by atoms with Crippen molar-refractivity contribution in [2.75, 3.05) is 5.32 Å². The Kier molecular flexibility index (Phi) is 2.05. The van der Waals surface area contributed by atoms with Crippen molar-refractivity contribution in [3.05, 3.63) is 60.7 Å². The van der Waals surface area contributed by atoms with Gasteiger partial charge in [-0.2, -0.15) is 0 Å². The van der Waals surface area contributed by atoms with Crippen LogP contribution in [0.3, 0.4) is 0 Å². The van der Waals surface area contributed by atoms with E-state index in [-0.39, 0.29) is 0 Å². The fraction of sp³-hybridized carbons (Fsp3) is 0. The highest BCUT2D eigenvalue weighted by molar-refractivity contribution is 6.71. The second-order valence-corrected chi connectivity index (χ2v) is 5.87. The number of fused-ring (bicyclic) bond motifs is 3. The Balaban J connectivity index is 1.92. The Bertz CT molecular complexity index is 685. The van der Waals surface area contributed by atoms with Crippen molar-refractivity contribution in [1.29, 1.82) is 0 Å². The van der Waals surface area contributed by atoms with Gasteiger partial charge in [0.15, 0.2) is 0 Å². The Morgan fingerprint density at radius 1 is 0.667 bits per heavy atom. The van der Waals surface area contributed by atoms with Gasteiger partial charge in [0.1, 0.15) is 9.52 Å². The molecule has 0 fully saturated rings. The first-order chi connectivity index (χ1) is 8.90. The first-order valence-corrected chi connectivity index (χ1v) is 7.06. The number of hydrogen-bond acceptors (Lipinski definition) is 1. The molecule has 4 rings (SSSR count). The van der Waals surface area contributed by atoms with Crippen LogP contribution in [0.2, 0.25) is 0 Å². The molecule has 1 aliphatic rings. The molecule has 1 nitrogen and oxygen atoms in total. The van der Waals surface area contributed by atoms with Crippen molar-refractivity contribution in [2.24, 2.45) is 0 Å². The van der Waals surface area contributed by atoms with E-state index >= 15 is 0 Å². The van der Waals surface area contributed by atoms with Crippen LogP contribution in [0.4, 0.5) is 11.4 Å². The van der Waals surface area contributed by atoms with Gasteiger partial charge in [0.05, 0.1) is 0 Å². The molecule has 0 spiro atoms. The van der Waals surface area contributed by atoms with E-state index in [1.54, 1.807) is 0 Å². The molecular weight excluding hydrogens is 234 g/mol. The van der Waals surface area contributed by atoms with E-state index in [4.69, 9.17) is 0 Å². The van der Waals surface area contributed by atoms with Gasteiger partial charge < -0.3 is 5.32 Å². The molecular formula is C16H11NSi. The zero-order chi connectivity index (χ0) is 11.9. The summed E-state index contributed by atoms with van der Waals surface area (Å²) in [6.07, 6.45) is 0. The highest BCUT2D eigenvalue weighted by Crippen LogP contribution is 2.22. The molecule has 18 heavy (non-hydrogen) atoms.